The van der Waals surface area contributed by atoms with Crippen LogP contribution in [0, 0.1) is 5.82 Å². The van der Waals surface area contributed by atoms with Crippen LogP contribution in [0.5, 0.6) is 0 Å². The van der Waals surface area contributed by atoms with Crippen LogP contribution >= 0.6 is 0 Å². The summed E-state index contributed by atoms with van der Waals surface area (Å²) >= 11 is 0. The summed E-state index contributed by atoms with van der Waals surface area (Å²) in [6.45, 7) is 8.29. The van der Waals surface area contributed by atoms with E-state index >= 15 is 0 Å². The summed E-state index contributed by atoms with van der Waals surface area (Å²) < 4.78 is 19.3. The molecule has 3 heterocycles. The summed E-state index contributed by atoms with van der Waals surface area (Å²) in [7, 11) is 0. The molecule has 9 heteroatoms. The van der Waals surface area contributed by atoms with Gasteiger partial charge in [-0.3, -0.25) is 4.79 Å². The van der Waals surface area contributed by atoms with Crippen molar-refractivity contribution in [3.63, 3.8) is 0 Å². The van der Waals surface area contributed by atoms with Gasteiger partial charge in [0.2, 0.25) is 0 Å². The van der Waals surface area contributed by atoms with Crippen molar-refractivity contribution in [3.8, 4) is 11.4 Å². The number of piperazine rings is 1. The lowest BCUT2D eigenvalue weighted by Crippen LogP contribution is -2.61. The molecular formula is C23H25FN4O4. The normalized spacial score (nSPS) is 16.1. The van der Waals surface area contributed by atoms with E-state index in [4.69, 9.17) is 4.42 Å². The minimum Gasteiger partial charge on any atom is -0.465 e. The number of rotatable bonds is 3. The quantitative estimate of drug-likeness (QED) is 0.649. The lowest BCUT2D eigenvalue weighted by atomic mass is 9.98. The Kier molecular flexibility index (Phi) is 5.36. The van der Waals surface area contributed by atoms with Gasteiger partial charge in [0.15, 0.2) is 17.2 Å². The number of benzene rings is 1. The number of hydrogen-bond donors (Lipinski definition) is 1. The molecule has 1 aromatic carbocycles. The molecule has 2 amide bonds. The first-order valence-corrected chi connectivity index (χ1v) is 10.4. The summed E-state index contributed by atoms with van der Waals surface area (Å²) in [5.74, 6) is -0.109. The van der Waals surface area contributed by atoms with Crippen molar-refractivity contribution in [2.75, 3.05) is 19.6 Å². The highest BCUT2D eigenvalue weighted by Gasteiger charge is 2.40. The number of aromatic nitrogens is 2. The second kappa shape index (κ2) is 7.89. The Morgan fingerprint density at radius 1 is 1.16 bits per heavy atom. The van der Waals surface area contributed by atoms with Crippen molar-refractivity contribution in [2.45, 2.75) is 39.2 Å². The average Bonchev–Trinajstić information content (AvgIpc) is 3.16. The molecule has 3 aromatic rings. The molecule has 0 spiro atoms. The Labute approximate surface area is 184 Å². The number of carbonyl (C=O) groups is 2. The van der Waals surface area contributed by atoms with Crippen LogP contribution in [0.1, 0.15) is 49.9 Å². The Morgan fingerprint density at radius 3 is 2.44 bits per heavy atom. The first-order valence-electron chi connectivity index (χ1n) is 10.4. The van der Waals surface area contributed by atoms with Crippen molar-refractivity contribution in [1.82, 2.24) is 19.8 Å². The van der Waals surface area contributed by atoms with E-state index in [9.17, 15) is 19.1 Å². The van der Waals surface area contributed by atoms with Crippen molar-refractivity contribution in [2.24, 2.45) is 0 Å². The number of nitrogens with zero attached hydrogens (tertiary/aromatic N) is 4. The van der Waals surface area contributed by atoms with Crippen molar-refractivity contribution >= 4 is 23.1 Å². The molecule has 1 fully saturated rings. The van der Waals surface area contributed by atoms with Gasteiger partial charge in [-0.2, -0.15) is 0 Å². The smallest absolute Gasteiger partial charge is 0.407 e. The van der Waals surface area contributed by atoms with E-state index in [0.29, 0.717) is 28.2 Å². The van der Waals surface area contributed by atoms with Crippen LogP contribution < -0.4 is 0 Å². The average molecular weight is 440 g/mol. The molecule has 1 saturated heterocycles. The first kappa shape index (κ1) is 21.7. The Balaban J connectivity index is 1.73. The largest absolute Gasteiger partial charge is 0.465 e. The number of halogens is 1. The molecule has 2 aromatic heterocycles. The van der Waals surface area contributed by atoms with Gasteiger partial charge < -0.3 is 19.3 Å². The molecule has 0 radical (unpaired) electrons. The molecule has 8 nitrogen and oxygen atoms in total. The minimum atomic E-state index is -1.00. The highest BCUT2D eigenvalue weighted by atomic mass is 19.1. The van der Waals surface area contributed by atoms with Gasteiger partial charge in [-0.1, -0.05) is 13.8 Å². The van der Waals surface area contributed by atoms with E-state index in [1.807, 2.05) is 27.7 Å². The van der Waals surface area contributed by atoms with Gasteiger partial charge in [-0.15, -0.1) is 0 Å². The predicted molar refractivity (Wildman–Crippen MR) is 116 cm³/mol. The molecule has 0 bridgehead atoms. The van der Waals surface area contributed by atoms with E-state index in [1.54, 1.807) is 23.1 Å². The van der Waals surface area contributed by atoms with E-state index in [1.165, 1.54) is 17.0 Å². The van der Waals surface area contributed by atoms with Crippen LogP contribution in [-0.2, 0) is 0 Å². The van der Waals surface area contributed by atoms with Crippen molar-refractivity contribution in [3.05, 3.63) is 47.6 Å². The first-order chi connectivity index (χ1) is 15.1. The zero-order chi connectivity index (χ0) is 23.2. The van der Waals surface area contributed by atoms with Crippen LogP contribution in [0.2, 0.25) is 0 Å². The lowest BCUT2D eigenvalue weighted by Gasteiger charge is -2.45. The summed E-state index contributed by atoms with van der Waals surface area (Å²) in [6, 6.07) is 7.51. The predicted octanol–water partition coefficient (Wildman–Crippen LogP) is 4.37. The molecule has 168 valence electrons. The second-order valence-corrected chi connectivity index (χ2v) is 8.89. The lowest BCUT2D eigenvalue weighted by molar-refractivity contribution is 0.0179. The fraction of sp³-hybridized carbons (Fsp3) is 0.391. The van der Waals surface area contributed by atoms with Gasteiger partial charge in [-0.25, -0.2) is 19.2 Å². The molecule has 32 heavy (non-hydrogen) atoms. The van der Waals surface area contributed by atoms with Crippen molar-refractivity contribution < 1.29 is 23.5 Å². The van der Waals surface area contributed by atoms with Crippen molar-refractivity contribution in [1.29, 1.82) is 0 Å². The summed E-state index contributed by atoms with van der Waals surface area (Å²) in [4.78, 5) is 36.8. The van der Waals surface area contributed by atoms with E-state index in [2.05, 4.69) is 9.97 Å². The van der Waals surface area contributed by atoms with E-state index in [0.717, 1.165) is 0 Å². The van der Waals surface area contributed by atoms with E-state index < -0.39 is 11.6 Å². The van der Waals surface area contributed by atoms with Gasteiger partial charge in [0.1, 0.15) is 11.3 Å². The van der Waals surface area contributed by atoms with Crippen LogP contribution in [0.15, 0.2) is 34.7 Å². The number of carbonyl (C=O) groups excluding carboxylic acids is 1. The van der Waals surface area contributed by atoms with Crippen LogP contribution in [-0.4, -0.2) is 62.0 Å². The number of carboxylic acid groups (broad SMARTS) is 1. The number of fused-ring (bicyclic) bond motifs is 1. The molecule has 0 unspecified atom stereocenters. The van der Waals surface area contributed by atoms with Crippen LogP contribution in [0.3, 0.4) is 0 Å². The van der Waals surface area contributed by atoms with Crippen LogP contribution in [0.25, 0.3) is 22.5 Å². The topological polar surface area (TPSA) is 99.8 Å². The fourth-order valence-electron chi connectivity index (χ4n) is 4.00. The second-order valence-electron chi connectivity index (χ2n) is 8.89. The standard InChI is InChI=1S/C23H25FN4O4/c1-13(2)18-19-16(25-20(26-18)14-5-7-15(24)8-6-14)11-17(32-19)21(29)28-10-9-27(22(30)31)12-23(28,3)4/h5-8,11,13H,9-10,12H2,1-4H3,(H,30,31). The third kappa shape index (κ3) is 3.90. The van der Waals surface area contributed by atoms with Gasteiger partial charge >= 0.3 is 6.09 Å². The van der Waals surface area contributed by atoms with Gasteiger partial charge in [-0.05, 0) is 44.0 Å². The summed E-state index contributed by atoms with van der Waals surface area (Å²) in [6.07, 6.45) is -1.00. The Hall–Kier alpha value is -3.49. The van der Waals surface area contributed by atoms with Crippen LogP contribution in [0.4, 0.5) is 9.18 Å². The Morgan fingerprint density at radius 2 is 1.84 bits per heavy atom. The number of hydrogen-bond acceptors (Lipinski definition) is 5. The molecular weight excluding hydrogens is 415 g/mol. The summed E-state index contributed by atoms with van der Waals surface area (Å²) in [5, 5.41) is 9.29. The molecule has 1 aliphatic rings. The molecule has 1 aliphatic heterocycles. The number of amides is 2. The highest BCUT2D eigenvalue weighted by Crippen LogP contribution is 2.31. The van der Waals surface area contributed by atoms with E-state index in [-0.39, 0.29) is 43.0 Å². The van der Waals surface area contributed by atoms with Gasteiger partial charge in [0, 0.05) is 31.3 Å². The molecule has 0 aliphatic carbocycles. The third-order valence-corrected chi connectivity index (χ3v) is 5.68. The maximum atomic E-state index is 13.3. The monoisotopic (exact) mass is 440 g/mol. The highest BCUT2D eigenvalue weighted by molar-refractivity contribution is 5.96. The molecule has 0 saturated carbocycles. The summed E-state index contributed by atoms with van der Waals surface area (Å²) in [5.41, 5.74) is 1.56. The molecule has 1 N–H and O–H groups in total. The third-order valence-electron chi connectivity index (χ3n) is 5.68. The maximum absolute atomic E-state index is 13.3. The van der Waals surface area contributed by atoms with Gasteiger partial charge in [0.05, 0.1) is 11.2 Å². The minimum absolute atomic E-state index is 0.00403. The zero-order valence-corrected chi connectivity index (χ0v) is 18.4. The number of furan rings is 1. The van der Waals surface area contributed by atoms with Gasteiger partial charge in [0.25, 0.3) is 5.91 Å². The zero-order valence-electron chi connectivity index (χ0n) is 18.4. The Bertz CT molecular complexity index is 1190. The maximum Gasteiger partial charge on any atom is 0.407 e. The molecule has 0 atom stereocenters. The SMILES string of the molecule is CC(C)c1nc(-c2ccc(F)cc2)nc2cc(C(=O)N3CCN(C(=O)O)CC3(C)C)oc12. The fourth-order valence-corrected chi connectivity index (χ4v) is 4.00. The molecule has 4 rings (SSSR count).